The monoisotopic (exact) mass is 319 g/mol. The van der Waals surface area contributed by atoms with Crippen LogP contribution < -0.4 is 0 Å². The largest absolute Gasteiger partial charge is 0.469 e. The van der Waals surface area contributed by atoms with E-state index in [0.29, 0.717) is 6.07 Å². The molecule has 1 aromatic rings. The Kier molecular flexibility index (Phi) is 6.84. The highest BCUT2D eigenvalue weighted by atomic mass is 19.2. The number of benzene rings is 1. The van der Waals surface area contributed by atoms with Gasteiger partial charge in [0.05, 0.1) is 25.7 Å². The maximum absolute atomic E-state index is 13.7. The molecule has 1 amide bonds. The Morgan fingerprint density at radius 1 is 1.09 bits per heavy atom. The normalized spacial score (nSPS) is 10.4. The van der Waals surface area contributed by atoms with E-state index in [9.17, 15) is 22.8 Å². The molecule has 0 unspecified atom stereocenters. The van der Waals surface area contributed by atoms with E-state index in [4.69, 9.17) is 4.74 Å². The minimum Gasteiger partial charge on any atom is -0.469 e. The van der Waals surface area contributed by atoms with Gasteiger partial charge < -0.3 is 14.4 Å². The van der Waals surface area contributed by atoms with Crippen LogP contribution in [0.2, 0.25) is 0 Å². The van der Waals surface area contributed by atoms with Gasteiger partial charge in [-0.3, -0.25) is 9.59 Å². The highest BCUT2D eigenvalue weighted by Gasteiger charge is 2.23. The van der Waals surface area contributed by atoms with E-state index in [1.807, 2.05) is 0 Å². The predicted octanol–water partition coefficient (Wildman–Crippen LogP) is 1.76. The van der Waals surface area contributed by atoms with E-state index in [-0.39, 0.29) is 26.1 Å². The summed E-state index contributed by atoms with van der Waals surface area (Å²) in [6.45, 7) is 0.135. The summed E-state index contributed by atoms with van der Waals surface area (Å²) < 4.78 is 49.1. The number of methoxy groups -OCH3 is 2. The van der Waals surface area contributed by atoms with Gasteiger partial charge in [-0.1, -0.05) is 0 Å². The van der Waals surface area contributed by atoms with Crippen molar-refractivity contribution in [2.45, 2.75) is 6.42 Å². The van der Waals surface area contributed by atoms with Crippen LogP contribution in [-0.2, 0) is 14.3 Å². The van der Waals surface area contributed by atoms with Crippen molar-refractivity contribution < 1.29 is 32.2 Å². The Morgan fingerprint density at radius 2 is 1.77 bits per heavy atom. The Bertz CT molecular complexity index is 551. The zero-order chi connectivity index (χ0) is 16.7. The fraction of sp³-hybridized carbons (Fsp3) is 0.429. The van der Waals surface area contributed by atoms with Crippen molar-refractivity contribution in [2.75, 3.05) is 33.9 Å². The van der Waals surface area contributed by atoms with Gasteiger partial charge in [-0.05, 0) is 12.1 Å². The number of amides is 1. The predicted molar refractivity (Wildman–Crippen MR) is 70.7 cm³/mol. The fourth-order valence-electron chi connectivity index (χ4n) is 1.71. The molecule has 0 saturated carbocycles. The molecule has 0 heterocycles. The number of hydrogen-bond acceptors (Lipinski definition) is 4. The number of halogens is 3. The highest BCUT2D eigenvalue weighted by molar-refractivity contribution is 5.94. The summed E-state index contributed by atoms with van der Waals surface area (Å²) in [5.41, 5.74) is -0.611. The lowest BCUT2D eigenvalue weighted by molar-refractivity contribution is -0.140. The summed E-state index contributed by atoms with van der Waals surface area (Å²) in [6.07, 6.45) is -0.114. The number of nitrogens with zero attached hydrogens (tertiary/aromatic N) is 1. The minimum absolute atomic E-state index is 0.0603. The molecule has 0 aliphatic carbocycles. The van der Waals surface area contributed by atoms with E-state index < -0.39 is 34.9 Å². The fourth-order valence-corrected chi connectivity index (χ4v) is 1.71. The molecule has 5 nitrogen and oxygen atoms in total. The Balaban J connectivity index is 2.95. The number of ether oxygens (including phenoxy) is 2. The van der Waals surface area contributed by atoms with Crippen LogP contribution >= 0.6 is 0 Å². The van der Waals surface area contributed by atoms with E-state index in [2.05, 4.69) is 4.74 Å². The number of carbonyl (C=O) groups excluding carboxylic acids is 2. The summed E-state index contributed by atoms with van der Waals surface area (Å²) in [5.74, 6) is -6.08. The van der Waals surface area contributed by atoms with Crippen molar-refractivity contribution >= 4 is 11.9 Å². The van der Waals surface area contributed by atoms with Crippen LogP contribution in [0.1, 0.15) is 16.8 Å². The summed E-state index contributed by atoms with van der Waals surface area (Å²) in [7, 11) is 2.60. The molecule has 0 fully saturated rings. The van der Waals surface area contributed by atoms with Gasteiger partial charge in [-0.2, -0.15) is 0 Å². The first kappa shape index (κ1) is 18.0. The van der Waals surface area contributed by atoms with Crippen molar-refractivity contribution in [1.29, 1.82) is 0 Å². The van der Waals surface area contributed by atoms with Gasteiger partial charge in [0.25, 0.3) is 5.91 Å². The van der Waals surface area contributed by atoms with E-state index >= 15 is 0 Å². The molecule has 1 aromatic carbocycles. The standard InChI is InChI=1S/C14H16F3NO4/c1-21-8-7-18(6-5-11(19)22-2)14(20)9-3-4-10(15)13(17)12(9)16/h3-4H,5-8H2,1-2H3. The van der Waals surface area contributed by atoms with E-state index in [0.717, 1.165) is 11.0 Å². The summed E-state index contributed by atoms with van der Waals surface area (Å²) in [6, 6.07) is 1.52. The van der Waals surface area contributed by atoms with Crippen molar-refractivity contribution in [3.63, 3.8) is 0 Å². The first-order chi connectivity index (χ1) is 10.4. The van der Waals surface area contributed by atoms with E-state index in [1.165, 1.54) is 14.2 Å². The molecule has 0 atom stereocenters. The quantitative estimate of drug-likeness (QED) is 0.568. The lowest BCUT2D eigenvalue weighted by Crippen LogP contribution is -2.36. The van der Waals surface area contributed by atoms with Gasteiger partial charge in [0.2, 0.25) is 0 Å². The van der Waals surface area contributed by atoms with Crippen molar-refractivity contribution in [1.82, 2.24) is 4.90 Å². The molecule has 8 heteroatoms. The first-order valence-corrected chi connectivity index (χ1v) is 6.40. The van der Waals surface area contributed by atoms with Crippen molar-refractivity contribution in [2.24, 2.45) is 0 Å². The number of hydrogen-bond donors (Lipinski definition) is 0. The third-order valence-corrected chi connectivity index (χ3v) is 2.93. The van der Waals surface area contributed by atoms with Gasteiger partial charge in [0.1, 0.15) is 0 Å². The van der Waals surface area contributed by atoms with Crippen LogP contribution in [-0.4, -0.2) is 50.7 Å². The van der Waals surface area contributed by atoms with Crippen molar-refractivity contribution in [3.05, 3.63) is 35.1 Å². The van der Waals surface area contributed by atoms with Gasteiger partial charge in [-0.25, -0.2) is 13.2 Å². The third kappa shape index (κ3) is 4.45. The molecule has 1 rings (SSSR count). The second kappa shape index (κ2) is 8.38. The second-order valence-electron chi connectivity index (χ2n) is 4.33. The molecule has 122 valence electrons. The molecular weight excluding hydrogens is 303 g/mol. The molecule has 0 N–H and O–H groups in total. The van der Waals surface area contributed by atoms with Crippen LogP contribution in [0.3, 0.4) is 0 Å². The number of rotatable bonds is 7. The molecule has 22 heavy (non-hydrogen) atoms. The first-order valence-electron chi connectivity index (χ1n) is 6.40. The molecule has 0 radical (unpaired) electrons. The van der Waals surface area contributed by atoms with Gasteiger partial charge >= 0.3 is 5.97 Å². The molecular formula is C14H16F3NO4. The third-order valence-electron chi connectivity index (χ3n) is 2.93. The maximum atomic E-state index is 13.7. The van der Waals surface area contributed by atoms with E-state index in [1.54, 1.807) is 0 Å². The van der Waals surface area contributed by atoms with Crippen LogP contribution in [0.4, 0.5) is 13.2 Å². The summed E-state index contributed by atoms with van der Waals surface area (Å²) in [4.78, 5) is 24.5. The SMILES string of the molecule is COCCN(CCC(=O)OC)C(=O)c1ccc(F)c(F)c1F. The Hall–Kier alpha value is -2.09. The topological polar surface area (TPSA) is 55.8 Å². The molecule has 0 bridgehead atoms. The molecule has 0 aliphatic rings. The average Bonchev–Trinajstić information content (AvgIpc) is 2.52. The van der Waals surface area contributed by atoms with Crippen LogP contribution in [0.5, 0.6) is 0 Å². The van der Waals surface area contributed by atoms with Gasteiger partial charge in [0.15, 0.2) is 17.5 Å². The smallest absolute Gasteiger partial charge is 0.307 e. The Labute approximate surface area is 125 Å². The molecule has 0 aromatic heterocycles. The second-order valence-corrected chi connectivity index (χ2v) is 4.33. The number of carbonyl (C=O) groups is 2. The highest BCUT2D eigenvalue weighted by Crippen LogP contribution is 2.17. The van der Waals surface area contributed by atoms with Crippen LogP contribution in [0.25, 0.3) is 0 Å². The van der Waals surface area contributed by atoms with Gasteiger partial charge in [-0.15, -0.1) is 0 Å². The van der Waals surface area contributed by atoms with Crippen molar-refractivity contribution in [3.8, 4) is 0 Å². The molecule has 0 aliphatic heterocycles. The lowest BCUT2D eigenvalue weighted by atomic mass is 10.1. The number of esters is 1. The van der Waals surface area contributed by atoms with Crippen LogP contribution in [0.15, 0.2) is 12.1 Å². The van der Waals surface area contributed by atoms with Gasteiger partial charge in [0, 0.05) is 20.2 Å². The average molecular weight is 319 g/mol. The molecule has 0 spiro atoms. The summed E-state index contributed by atoms with van der Waals surface area (Å²) >= 11 is 0. The summed E-state index contributed by atoms with van der Waals surface area (Å²) in [5, 5.41) is 0. The molecule has 0 saturated heterocycles. The maximum Gasteiger partial charge on any atom is 0.307 e. The Morgan fingerprint density at radius 3 is 2.36 bits per heavy atom. The minimum atomic E-state index is -1.72. The zero-order valence-electron chi connectivity index (χ0n) is 12.2. The lowest BCUT2D eigenvalue weighted by Gasteiger charge is -2.22. The zero-order valence-corrected chi connectivity index (χ0v) is 12.2. The van der Waals surface area contributed by atoms with Crippen LogP contribution in [0, 0.1) is 17.5 Å².